The van der Waals surface area contributed by atoms with Crippen LogP contribution in [0.1, 0.15) is 35.7 Å². The monoisotopic (exact) mass is 250 g/mol. The largest absolute Gasteiger partial charge is 0.497 e. The first-order valence-electron chi connectivity index (χ1n) is 5.83. The molecule has 1 rings (SSSR count). The van der Waals surface area contributed by atoms with E-state index in [4.69, 9.17) is 9.84 Å². The molecule has 0 aliphatic rings. The molecule has 0 bridgehead atoms. The summed E-state index contributed by atoms with van der Waals surface area (Å²) >= 11 is 0. The number of hydrogen-bond donors (Lipinski definition) is 1. The number of ether oxygens (including phenoxy) is 1. The van der Waals surface area contributed by atoms with Crippen molar-refractivity contribution < 1.29 is 19.4 Å². The van der Waals surface area contributed by atoms with Crippen molar-refractivity contribution in [2.45, 2.75) is 26.7 Å². The molecule has 1 atom stereocenters. The van der Waals surface area contributed by atoms with Gasteiger partial charge in [-0.1, -0.05) is 13.0 Å². The van der Waals surface area contributed by atoms with Crippen LogP contribution in [0.4, 0.5) is 0 Å². The zero-order valence-electron chi connectivity index (χ0n) is 10.9. The zero-order chi connectivity index (χ0) is 13.7. The van der Waals surface area contributed by atoms with Crippen LogP contribution in [-0.4, -0.2) is 24.0 Å². The highest BCUT2D eigenvalue weighted by Crippen LogP contribution is 2.20. The van der Waals surface area contributed by atoms with Gasteiger partial charge >= 0.3 is 5.97 Å². The van der Waals surface area contributed by atoms with E-state index in [1.807, 2.05) is 13.0 Å². The number of benzene rings is 1. The van der Waals surface area contributed by atoms with Crippen LogP contribution in [0.15, 0.2) is 18.2 Å². The molecule has 0 unspecified atom stereocenters. The van der Waals surface area contributed by atoms with Gasteiger partial charge in [-0.2, -0.15) is 0 Å². The molecule has 0 saturated heterocycles. The van der Waals surface area contributed by atoms with Crippen LogP contribution < -0.4 is 4.74 Å². The van der Waals surface area contributed by atoms with E-state index in [1.54, 1.807) is 26.2 Å². The Hall–Kier alpha value is -1.84. The van der Waals surface area contributed by atoms with E-state index in [-0.39, 0.29) is 24.5 Å². The van der Waals surface area contributed by atoms with Crippen molar-refractivity contribution in [3.05, 3.63) is 29.3 Å². The van der Waals surface area contributed by atoms with Crippen molar-refractivity contribution in [1.29, 1.82) is 0 Å². The Morgan fingerprint density at radius 3 is 2.56 bits per heavy atom. The Morgan fingerprint density at radius 1 is 1.33 bits per heavy atom. The van der Waals surface area contributed by atoms with E-state index in [9.17, 15) is 9.59 Å². The highest BCUT2D eigenvalue weighted by Gasteiger charge is 2.16. The average Bonchev–Trinajstić information content (AvgIpc) is 2.28. The molecule has 98 valence electrons. The van der Waals surface area contributed by atoms with Gasteiger partial charge in [-0.3, -0.25) is 9.59 Å². The minimum atomic E-state index is -0.877. The lowest BCUT2D eigenvalue weighted by molar-refractivity contribution is -0.137. The first-order chi connectivity index (χ1) is 8.43. The van der Waals surface area contributed by atoms with Gasteiger partial charge in [-0.25, -0.2) is 0 Å². The molecule has 0 aromatic heterocycles. The summed E-state index contributed by atoms with van der Waals surface area (Å²) in [5.41, 5.74) is 1.48. The first-order valence-corrected chi connectivity index (χ1v) is 5.83. The Labute approximate surface area is 107 Å². The molecule has 0 amide bonds. The molecule has 0 spiro atoms. The van der Waals surface area contributed by atoms with Crippen molar-refractivity contribution in [3.8, 4) is 5.75 Å². The lowest BCUT2D eigenvalue weighted by Crippen LogP contribution is -2.11. The molecule has 1 aromatic carbocycles. The lowest BCUT2D eigenvalue weighted by atomic mass is 9.95. The van der Waals surface area contributed by atoms with E-state index in [0.29, 0.717) is 11.3 Å². The van der Waals surface area contributed by atoms with Crippen LogP contribution in [0.2, 0.25) is 0 Å². The minimum absolute atomic E-state index is 0.00869. The van der Waals surface area contributed by atoms with Gasteiger partial charge in [0.15, 0.2) is 5.78 Å². The second-order valence-electron chi connectivity index (χ2n) is 4.51. The van der Waals surface area contributed by atoms with Crippen molar-refractivity contribution in [3.63, 3.8) is 0 Å². The number of carboxylic acids is 1. The van der Waals surface area contributed by atoms with Gasteiger partial charge < -0.3 is 9.84 Å². The number of carboxylic acid groups (broad SMARTS) is 1. The number of carbonyl (C=O) groups excluding carboxylic acids is 1. The summed E-state index contributed by atoms with van der Waals surface area (Å²) in [6.07, 6.45) is 0.245. The molecule has 0 saturated carbocycles. The van der Waals surface area contributed by atoms with E-state index in [0.717, 1.165) is 5.56 Å². The molecule has 0 aliphatic heterocycles. The quantitative estimate of drug-likeness (QED) is 0.788. The van der Waals surface area contributed by atoms with E-state index in [2.05, 4.69) is 0 Å². The van der Waals surface area contributed by atoms with Crippen LogP contribution >= 0.6 is 0 Å². The molecule has 1 N–H and O–H groups in total. The van der Waals surface area contributed by atoms with Crippen LogP contribution in [0.25, 0.3) is 0 Å². The Morgan fingerprint density at radius 2 is 2.00 bits per heavy atom. The summed E-state index contributed by atoms with van der Waals surface area (Å²) in [7, 11) is 1.55. The van der Waals surface area contributed by atoms with Gasteiger partial charge in [0, 0.05) is 18.4 Å². The number of ketones is 1. The lowest BCUT2D eigenvalue weighted by Gasteiger charge is -2.10. The van der Waals surface area contributed by atoms with Crippen LogP contribution in [0, 0.1) is 12.8 Å². The van der Waals surface area contributed by atoms with Crippen LogP contribution in [0.5, 0.6) is 5.75 Å². The third-order valence-electron chi connectivity index (χ3n) is 2.80. The Balaban J connectivity index is 2.80. The van der Waals surface area contributed by atoms with Gasteiger partial charge in [-0.05, 0) is 30.5 Å². The number of Topliss-reactive ketones (excluding diaryl/α,β-unsaturated/α-hetero) is 1. The maximum absolute atomic E-state index is 12.1. The van der Waals surface area contributed by atoms with Crippen LogP contribution in [0.3, 0.4) is 0 Å². The Bertz CT molecular complexity index is 451. The highest BCUT2D eigenvalue weighted by atomic mass is 16.5. The van der Waals surface area contributed by atoms with Gasteiger partial charge in [0.1, 0.15) is 5.75 Å². The predicted molar refractivity (Wildman–Crippen MR) is 68.1 cm³/mol. The van der Waals surface area contributed by atoms with Crippen molar-refractivity contribution >= 4 is 11.8 Å². The van der Waals surface area contributed by atoms with Gasteiger partial charge in [0.25, 0.3) is 0 Å². The third kappa shape index (κ3) is 3.87. The number of rotatable bonds is 6. The Kier molecular flexibility index (Phi) is 4.89. The van der Waals surface area contributed by atoms with Crippen molar-refractivity contribution in [1.82, 2.24) is 0 Å². The second kappa shape index (κ2) is 6.19. The molecule has 0 radical (unpaired) electrons. The molecule has 4 nitrogen and oxygen atoms in total. The number of methoxy groups -OCH3 is 1. The molecule has 4 heteroatoms. The fourth-order valence-electron chi connectivity index (χ4n) is 1.83. The summed E-state index contributed by atoms with van der Waals surface area (Å²) < 4.78 is 5.08. The van der Waals surface area contributed by atoms with E-state index >= 15 is 0 Å². The standard InChI is InChI=1S/C14H18O4/c1-9(7-14(16)17)6-13(15)12-8-11(18-3)5-4-10(12)2/h4-5,8-9H,6-7H2,1-3H3,(H,16,17)/t9-/m1/s1. The minimum Gasteiger partial charge on any atom is -0.497 e. The molecule has 0 heterocycles. The summed E-state index contributed by atoms with van der Waals surface area (Å²) in [6, 6.07) is 5.33. The van der Waals surface area contributed by atoms with Crippen LogP contribution in [-0.2, 0) is 4.79 Å². The smallest absolute Gasteiger partial charge is 0.303 e. The predicted octanol–water partition coefficient (Wildman–Crippen LogP) is 2.69. The third-order valence-corrected chi connectivity index (χ3v) is 2.80. The summed E-state index contributed by atoms with van der Waals surface area (Å²) in [6.45, 7) is 3.62. The number of aryl methyl sites for hydroxylation is 1. The maximum atomic E-state index is 12.1. The molecular formula is C14H18O4. The molecular weight excluding hydrogens is 232 g/mol. The summed E-state index contributed by atoms with van der Waals surface area (Å²) in [5, 5.41) is 8.67. The SMILES string of the molecule is COc1ccc(C)c(C(=O)C[C@@H](C)CC(=O)O)c1. The normalized spacial score (nSPS) is 11.9. The molecule has 0 aliphatic carbocycles. The first kappa shape index (κ1) is 14.2. The number of hydrogen-bond acceptors (Lipinski definition) is 3. The van der Waals surface area contributed by atoms with E-state index < -0.39 is 5.97 Å². The van der Waals surface area contributed by atoms with Gasteiger partial charge in [0.2, 0.25) is 0 Å². The van der Waals surface area contributed by atoms with Gasteiger partial charge in [0.05, 0.1) is 7.11 Å². The summed E-state index contributed by atoms with van der Waals surface area (Å²) in [4.78, 5) is 22.6. The molecule has 1 aromatic rings. The van der Waals surface area contributed by atoms with E-state index in [1.165, 1.54) is 0 Å². The topological polar surface area (TPSA) is 63.6 Å². The second-order valence-corrected chi connectivity index (χ2v) is 4.51. The fraction of sp³-hybridized carbons (Fsp3) is 0.429. The average molecular weight is 250 g/mol. The van der Waals surface area contributed by atoms with Crippen molar-refractivity contribution in [2.75, 3.05) is 7.11 Å². The molecule has 18 heavy (non-hydrogen) atoms. The highest BCUT2D eigenvalue weighted by molar-refractivity contribution is 5.98. The fourth-order valence-corrected chi connectivity index (χ4v) is 1.83. The maximum Gasteiger partial charge on any atom is 0.303 e. The number of aliphatic carboxylic acids is 1. The summed E-state index contributed by atoms with van der Waals surface area (Å²) in [5.74, 6) is -0.451. The van der Waals surface area contributed by atoms with Crippen molar-refractivity contribution in [2.24, 2.45) is 5.92 Å². The molecule has 0 fully saturated rings. The number of carbonyl (C=O) groups is 2. The van der Waals surface area contributed by atoms with Gasteiger partial charge in [-0.15, -0.1) is 0 Å². The zero-order valence-corrected chi connectivity index (χ0v) is 10.9.